The van der Waals surface area contributed by atoms with Gasteiger partial charge in [0.15, 0.2) is 0 Å². The molecule has 1 aromatic rings. The Bertz CT molecular complexity index is 914. The maximum atomic E-state index is 13.3. The zero-order valence-corrected chi connectivity index (χ0v) is 17.7. The molecule has 10 heteroatoms. The van der Waals surface area contributed by atoms with E-state index in [1.165, 1.54) is 29.2 Å². The molecule has 2 amide bonds. The van der Waals surface area contributed by atoms with Gasteiger partial charge in [-0.25, -0.2) is 17.7 Å². The van der Waals surface area contributed by atoms with E-state index in [1.54, 1.807) is 4.90 Å². The van der Waals surface area contributed by atoms with Gasteiger partial charge < -0.3 is 9.80 Å². The molecule has 0 saturated carbocycles. The third kappa shape index (κ3) is 3.13. The lowest BCUT2D eigenvalue weighted by Gasteiger charge is -2.46. The fraction of sp³-hybridized carbons (Fsp3) is 0.684. The Labute approximate surface area is 171 Å². The standard InChI is InChI=1S/C19H27N5O4S/c1-3-22-11-6-19(17(22)26)14-24(29(2,27)28)13-18(19)4-9-23(10-5-18)16(25)15-12-20-7-8-21-15/h7-8,12H,3-6,9-11,13-14H2,1-2H3. The summed E-state index contributed by atoms with van der Waals surface area (Å²) in [6, 6.07) is 0. The van der Waals surface area contributed by atoms with Crippen molar-refractivity contribution in [3.05, 3.63) is 24.3 Å². The number of fused-ring (bicyclic) bond motifs is 1. The highest BCUT2D eigenvalue weighted by Gasteiger charge is 2.66. The number of amides is 2. The van der Waals surface area contributed by atoms with Crippen LogP contribution in [0.1, 0.15) is 36.7 Å². The number of rotatable bonds is 3. The summed E-state index contributed by atoms with van der Waals surface area (Å²) in [5, 5.41) is 0. The molecular formula is C19H27N5O4S. The Balaban J connectivity index is 1.60. The molecule has 0 N–H and O–H groups in total. The SMILES string of the molecule is CCN1CCC2(CN(S(C)(=O)=O)CC23CCN(C(=O)c2cnccn2)CC3)C1=O. The maximum absolute atomic E-state index is 13.3. The molecule has 29 heavy (non-hydrogen) atoms. The minimum absolute atomic E-state index is 0.0693. The highest BCUT2D eigenvalue weighted by molar-refractivity contribution is 7.88. The largest absolute Gasteiger partial charge is 0.342 e. The fourth-order valence-electron chi connectivity index (χ4n) is 5.37. The van der Waals surface area contributed by atoms with Crippen LogP contribution in [0.4, 0.5) is 0 Å². The van der Waals surface area contributed by atoms with Crippen molar-refractivity contribution < 1.29 is 18.0 Å². The van der Waals surface area contributed by atoms with Crippen LogP contribution in [0.5, 0.6) is 0 Å². The summed E-state index contributed by atoms with van der Waals surface area (Å²) >= 11 is 0. The second-order valence-electron chi connectivity index (χ2n) is 8.41. The molecule has 4 heterocycles. The van der Waals surface area contributed by atoms with Gasteiger partial charge in [0.2, 0.25) is 15.9 Å². The monoisotopic (exact) mass is 421 g/mol. The number of sulfonamides is 1. The van der Waals surface area contributed by atoms with E-state index in [0.29, 0.717) is 57.7 Å². The predicted octanol–water partition coefficient (Wildman–Crippen LogP) is 0.213. The van der Waals surface area contributed by atoms with Gasteiger partial charge in [-0.05, 0) is 26.2 Å². The number of aromatic nitrogens is 2. The first-order valence-corrected chi connectivity index (χ1v) is 11.9. The van der Waals surface area contributed by atoms with Crippen LogP contribution in [0.2, 0.25) is 0 Å². The third-order valence-corrected chi connectivity index (χ3v) is 8.28. The van der Waals surface area contributed by atoms with Crippen molar-refractivity contribution in [2.45, 2.75) is 26.2 Å². The zero-order valence-electron chi connectivity index (χ0n) is 16.9. The highest BCUT2D eigenvalue weighted by Crippen LogP contribution is 2.58. The third-order valence-electron chi connectivity index (χ3n) is 7.09. The summed E-state index contributed by atoms with van der Waals surface area (Å²) in [5.74, 6) is -0.104. The highest BCUT2D eigenvalue weighted by atomic mass is 32.2. The maximum Gasteiger partial charge on any atom is 0.274 e. The zero-order chi connectivity index (χ0) is 20.9. The number of hydrogen-bond acceptors (Lipinski definition) is 6. The van der Waals surface area contributed by atoms with E-state index < -0.39 is 20.9 Å². The summed E-state index contributed by atoms with van der Waals surface area (Å²) in [6.45, 7) is 4.81. The van der Waals surface area contributed by atoms with Crippen molar-refractivity contribution in [3.8, 4) is 0 Å². The van der Waals surface area contributed by atoms with Gasteiger partial charge in [0.1, 0.15) is 5.69 Å². The smallest absolute Gasteiger partial charge is 0.274 e. The predicted molar refractivity (Wildman–Crippen MR) is 105 cm³/mol. The molecule has 3 saturated heterocycles. The molecular weight excluding hydrogens is 394 g/mol. The molecule has 3 aliphatic rings. The van der Waals surface area contributed by atoms with Gasteiger partial charge in [0.25, 0.3) is 5.91 Å². The summed E-state index contributed by atoms with van der Waals surface area (Å²) in [5.41, 5.74) is -0.819. The van der Waals surface area contributed by atoms with Gasteiger partial charge in [0.05, 0.1) is 17.9 Å². The number of carbonyl (C=O) groups is 2. The van der Waals surface area contributed by atoms with Crippen molar-refractivity contribution >= 4 is 21.8 Å². The lowest BCUT2D eigenvalue weighted by Crippen LogP contribution is -2.53. The van der Waals surface area contributed by atoms with E-state index in [2.05, 4.69) is 9.97 Å². The Morgan fingerprint density at radius 3 is 2.41 bits per heavy atom. The Morgan fingerprint density at radius 1 is 1.14 bits per heavy atom. The van der Waals surface area contributed by atoms with E-state index in [4.69, 9.17) is 0 Å². The Hall–Kier alpha value is -2.07. The van der Waals surface area contributed by atoms with Gasteiger partial charge in [-0.2, -0.15) is 0 Å². The quantitative estimate of drug-likeness (QED) is 0.691. The van der Waals surface area contributed by atoms with Crippen LogP contribution in [0, 0.1) is 10.8 Å². The minimum atomic E-state index is -3.40. The molecule has 4 rings (SSSR count). The average Bonchev–Trinajstić information content (AvgIpc) is 3.21. The van der Waals surface area contributed by atoms with Gasteiger partial charge in [-0.15, -0.1) is 0 Å². The molecule has 3 fully saturated rings. The molecule has 3 aliphatic heterocycles. The van der Waals surface area contributed by atoms with Crippen LogP contribution in [-0.4, -0.2) is 89.8 Å². The average molecular weight is 422 g/mol. The van der Waals surface area contributed by atoms with Crippen molar-refractivity contribution in [2.75, 3.05) is 45.5 Å². The molecule has 158 valence electrons. The topological polar surface area (TPSA) is 104 Å². The fourth-order valence-corrected chi connectivity index (χ4v) is 6.31. The second kappa shape index (κ2) is 7.02. The van der Waals surface area contributed by atoms with Crippen molar-refractivity contribution in [3.63, 3.8) is 0 Å². The van der Waals surface area contributed by atoms with Crippen LogP contribution in [-0.2, 0) is 14.8 Å². The lowest BCUT2D eigenvalue weighted by molar-refractivity contribution is -0.141. The number of piperidine rings is 1. The summed E-state index contributed by atoms with van der Waals surface area (Å²) in [4.78, 5) is 37.7. The molecule has 0 bridgehead atoms. The van der Waals surface area contributed by atoms with E-state index in [9.17, 15) is 18.0 Å². The van der Waals surface area contributed by atoms with Crippen LogP contribution < -0.4 is 0 Å². The molecule has 1 unspecified atom stereocenters. The molecule has 2 spiro atoms. The van der Waals surface area contributed by atoms with Crippen LogP contribution in [0.15, 0.2) is 18.6 Å². The summed E-state index contributed by atoms with van der Waals surface area (Å²) in [6.07, 6.45) is 7.56. The van der Waals surface area contributed by atoms with Gasteiger partial charge in [-0.3, -0.25) is 14.6 Å². The lowest BCUT2D eigenvalue weighted by atomic mass is 9.60. The van der Waals surface area contributed by atoms with Crippen LogP contribution in [0.3, 0.4) is 0 Å². The van der Waals surface area contributed by atoms with Gasteiger partial charge in [-0.1, -0.05) is 0 Å². The second-order valence-corrected chi connectivity index (χ2v) is 10.4. The summed E-state index contributed by atoms with van der Waals surface area (Å²) in [7, 11) is -3.40. The number of carbonyl (C=O) groups excluding carboxylic acids is 2. The van der Waals surface area contributed by atoms with E-state index in [1.807, 2.05) is 11.8 Å². The van der Waals surface area contributed by atoms with Crippen LogP contribution >= 0.6 is 0 Å². The van der Waals surface area contributed by atoms with Crippen molar-refractivity contribution in [1.29, 1.82) is 0 Å². The van der Waals surface area contributed by atoms with E-state index >= 15 is 0 Å². The Kier molecular flexibility index (Phi) is 4.89. The first-order chi connectivity index (χ1) is 13.7. The van der Waals surface area contributed by atoms with Crippen molar-refractivity contribution in [1.82, 2.24) is 24.1 Å². The van der Waals surface area contributed by atoms with E-state index in [0.717, 1.165) is 0 Å². The normalized spacial score (nSPS) is 27.3. The number of likely N-dealkylation sites (tertiary alicyclic amines) is 2. The minimum Gasteiger partial charge on any atom is -0.342 e. The van der Waals surface area contributed by atoms with Gasteiger partial charge >= 0.3 is 0 Å². The first-order valence-electron chi connectivity index (χ1n) is 10.0. The molecule has 1 atom stereocenters. The molecule has 0 aromatic carbocycles. The first kappa shape index (κ1) is 20.2. The molecule has 1 aromatic heterocycles. The van der Waals surface area contributed by atoms with Crippen LogP contribution in [0.25, 0.3) is 0 Å². The molecule has 0 aliphatic carbocycles. The summed E-state index contributed by atoms with van der Waals surface area (Å²) < 4.78 is 26.1. The number of hydrogen-bond donors (Lipinski definition) is 0. The molecule has 9 nitrogen and oxygen atoms in total. The molecule has 0 radical (unpaired) electrons. The van der Waals surface area contributed by atoms with Gasteiger partial charge in [0, 0.05) is 57.1 Å². The number of nitrogens with zero attached hydrogens (tertiary/aromatic N) is 5. The Morgan fingerprint density at radius 2 is 1.86 bits per heavy atom. The van der Waals surface area contributed by atoms with Crippen molar-refractivity contribution in [2.24, 2.45) is 10.8 Å². The van der Waals surface area contributed by atoms with E-state index in [-0.39, 0.29) is 18.4 Å².